The van der Waals surface area contributed by atoms with Gasteiger partial charge in [-0.15, -0.1) is 0 Å². The van der Waals surface area contributed by atoms with E-state index >= 15 is 0 Å². The molecule has 19 heteroatoms. The molecule has 0 heterocycles. The molecule has 0 rings (SSSR count). The summed E-state index contributed by atoms with van der Waals surface area (Å²) in [5.74, 6) is -0.615. The Morgan fingerprint density at radius 2 is 0.524 bits per heavy atom. The first kappa shape index (κ1) is 101. The summed E-state index contributed by atoms with van der Waals surface area (Å²) in [6.07, 6.45) is 68.9. The molecular weight excluding hydrogens is 1340 g/mol. The maximum atomic E-state index is 13.1. The predicted octanol–water partition coefficient (Wildman–Crippen LogP) is 25.0. The second-order valence-electron chi connectivity index (χ2n) is 30.5. The third kappa shape index (κ3) is 77.5. The number of aliphatic hydroxyl groups excluding tert-OH is 1. The van der Waals surface area contributed by atoms with Gasteiger partial charge in [-0.1, -0.05) is 368 Å². The molecule has 0 saturated carbocycles. The van der Waals surface area contributed by atoms with Crippen LogP contribution in [0.2, 0.25) is 0 Å². The fourth-order valence-corrected chi connectivity index (χ4v) is 14.1. The molecule has 0 aliphatic heterocycles. The molecule has 0 aromatic rings. The van der Waals surface area contributed by atoms with E-state index < -0.39 is 97.5 Å². The molecule has 608 valence electrons. The van der Waals surface area contributed by atoms with Gasteiger partial charge in [0.25, 0.3) is 0 Å². The molecule has 0 aliphatic rings. The number of hydrogen-bond donors (Lipinski definition) is 3. The molecule has 0 aromatic carbocycles. The Balaban J connectivity index is 5.28. The Bertz CT molecular complexity index is 2070. The highest BCUT2D eigenvalue weighted by molar-refractivity contribution is 7.47. The maximum Gasteiger partial charge on any atom is 0.472 e. The van der Waals surface area contributed by atoms with Gasteiger partial charge in [0.05, 0.1) is 26.4 Å². The molecule has 0 fully saturated rings. The van der Waals surface area contributed by atoms with Crippen molar-refractivity contribution in [2.24, 2.45) is 11.8 Å². The Morgan fingerprint density at radius 3 is 0.796 bits per heavy atom. The van der Waals surface area contributed by atoms with Gasteiger partial charge in [-0.2, -0.15) is 0 Å². The van der Waals surface area contributed by atoms with Gasteiger partial charge < -0.3 is 33.8 Å². The number of esters is 4. The lowest BCUT2D eigenvalue weighted by Crippen LogP contribution is -2.30. The highest BCUT2D eigenvalue weighted by atomic mass is 31.2. The van der Waals surface area contributed by atoms with E-state index in [1.807, 2.05) is 0 Å². The minimum Gasteiger partial charge on any atom is -0.462 e. The third-order valence-corrected chi connectivity index (χ3v) is 21.0. The molecule has 0 aliphatic carbocycles. The van der Waals surface area contributed by atoms with Gasteiger partial charge in [-0.25, -0.2) is 9.13 Å². The van der Waals surface area contributed by atoms with Crippen LogP contribution in [0, 0.1) is 11.8 Å². The van der Waals surface area contributed by atoms with Gasteiger partial charge in [0.2, 0.25) is 0 Å². The molecule has 0 aromatic heterocycles. The summed E-state index contributed by atoms with van der Waals surface area (Å²) in [5.41, 5.74) is 0. The van der Waals surface area contributed by atoms with Gasteiger partial charge in [0, 0.05) is 25.7 Å². The van der Waals surface area contributed by atoms with Crippen LogP contribution in [-0.4, -0.2) is 96.7 Å². The number of carbonyl (C=O) groups excluding carboxylic acids is 4. The van der Waals surface area contributed by atoms with Gasteiger partial charge in [0.1, 0.15) is 19.3 Å². The first-order valence-corrected chi connectivity index (χ1v) is 45.8. The quantitative estimate of drug-likeness (QED) is 0.0169. The van der Waals surface area contributed by atoms with Gasteiger partial charge in [0.15, 0.2) is 12.2 Å². The number of carbonyl (C=O) groups is 4. The fraction of sp³-hybridized carbons (Fsp3) is 0.905. The van der Waals surface area contributed by atoms with Gasteiger partial charge in [-0.3, -0.25) is 37.3 Å². The third-order valence-electron chi connectivity index (χ3n) is 19.1. The minimum atomic E-state index is -4.97. The predicted molar refractivity (Wildman–Crippen MR) is 423 cm³/mol. The molecular formula is C84H160O17P2. The number of rotatable bonds is 81. The molecule has 0 saturated heterocycles. The SMILES string of the molecule is CCCCCC/C=C\C=C/CCCCCCCC(=O)O[C@H](COC(=O)CCCCCCCCCCC(C)C)COP(=O)(O)OC[C@H](O)COP(=O)(O)OC[C@@H](COC(=O)CCCCCCCCCCCCCCCCC(C)C)OC(=O)CCCCCCCCCCCCCCCCCCCCCC. The topological polar surface area (TPSA) is 237 Å². The number of allylic oxidation sites excluding steroid dienone is 4. The van der Waals surface area contributed by atoms with Crippen LogP contribution in [0.1, 0.15) is 420 Å². The molecule has 2 unspecified atom stereocenters. The second-order valence-corrected chi connectivity index (χ2v) is 33.4. The van der Waals surface area contributed by atoms with Crippen LogP contribution in [0.25, 0.3) is 0 Å². The van der Waals surface area contributed by atoms with Crippen molar-refractivity contribution in [1.29, 1.82) is 0 Å². The summed E-state index contributed by atoms with van der Waals surface area (Å²) >= 11 is 0. The molecule has 0 bridgehead atoms. The van der Waals surface area contributed by atoms with E-state index in [-0.39, 0.29) is 25.7 Å². The molecule has 0 radical (unpaired) electrons. The Morgan fingerprint density at radius 1 is 0.301 bits per heavy atom. The standard InChI is InChI=1S/C84H160O17P2/c1-7-9-11-13-15-17-19-21-23-24-25-26-27-29-35-39-43-51-57-63-69-83(88)100-79(72-94-81(86)66-60-54-48-41-37-33-31-30-32-36-40-46-52-58-64-76(3)4)74-98-102(90,91)96-70-78(85)71-97-103(92,93)99-75-80(73-95-82(87)67-61-55-49-45-44-47-53-59-65-77(5)6)101-84(89)68-62-56-50-42-38-34-28-22-20-18-16-14-12-10-8-2/h18,20,22,28,76-80,85H,7-17,19,21,23-27,29-75H2,1-6H3,(H,90,91)(H,92,93)/b20-18-,28-22-/t78-,79-,80-/m1/s1. The summed E-state index contributed by atoms with van der Waals surface area (Å²) in [6, 6.07) is 0. The Labute approximate surface area is 631 Å². The number of unbranched alkanes of at least 4 members (excludes halogenated alkanes) is 48. The lowest BCUT2D eigenvalue weighted by atomic mass is 10.0. The van der Waals surface area contributed by atoms with Crippen molar-refractivity contribution in [3.63, 3.8) is 0 Å². The lowest BCUT2D eigenvalue weighted by Gasteiger charge is -2.21. The summed E-state index contributed by atoms with van der Waals surface area (Å²) < 4.78 is 68.8. The van der Waals surface area contributed by atoms with E-state index in [1.54, 1.807) is 0 Å². The first-order chi connectivity index (χ1) is 49.9. The number of phosphoric ester groups is 2. The highest BCUT2D eigenvalue weighted by Gasteiger charge is 2.30. The normalized spacial score (nSPS) is 14.0. The fourth-order valence-electron chi connectivity index (χ4n) is 12.5. The number of ether oxygens (including phenoxy) is 4. The van der Waals surface area contributed by atoms with Crippen molar-refractivity contribution < 1.29 is 80.2 Å². The summed E-state index contributed by atoms with van der Waals surface area (Å²) in [5, 5.41) is 10.7. The average Bonchev–Trinajstić information content (AvgIpc) is 0.927. The van der Waals surface area contributed by atoms with Crippen molar-refractivity contribution in [2.45, 2.75) is 439 Å². The maximum absolute atomic E-state index is 13.1. The van der Waals surface area contributed by atoms with E-state index in [0.29, 0.717) is 25.7 Å². The number of aliphatic hydroxyl groups is 1. The van der Waals surface area contributed by atoms with Crippen LogP contribution in [0.3, 0.4) is 0 Å². The van der Waals surface area contributed by atoms with Crippen LogP contribution < -0.4 is 0 Å². The molecule has 5 atom stereocenters. The zero-order valence-corrected chi connectivity index (χ0v) is 68.9. The van der Waals surface area contributed by atoms with Gasteiger partial charge >= 0.3 is 39.5 Å². The summed E-state index contributed by atoms with van der Waals surface area (Å²) in [7, 11) is -9.94. The molecule has 103 heavy (non-hydrogen) atoms. The van der Waals surface area contributed by atoms with Crippen molar-refractivity contribution in [2.75, 3.05) is 39.6 Å². The van der Waals surface area contributed by atoms with Crippen LogP contribution in [0.4, 0.5) is 0 Å². The second kappa shape index (κ2) is 75.0. The number of phosphoric acid groups is 2. The van der Waals surface area contributed by atoms with Crippen LogP contribution >= 0.6 is 15.6 Å². The molecule has 0 amide bonds. The van der Waals surface area contributed by atoms with Crippen molar-refractivity contribution in [3.8, 4) is 0 Å². The largest absolute Gasteiger partial charge is 0.472 e. The van der Waals surface area contributed by atoms with Crippen LogP contribution in [-0.2, 0) is 65.4 Å². The monoisotopic (exact) mass is 1500 g/mol. The van der Waals surface area contributed by atoms with E-state index in [4.69, 9.17) is 37.0 Å². The Kier molecular flexibility index (Phi) is 73.2. The van der Waals surface area contributed by atoms with Crippen LogP contribution in [0.5, 0.6) is 0 Å². The summed E-state index contributed by atoms with van der Waals surface area (Å²) in [4.78, 5) is 73.1. The van der Waals surface area contributed by atoms with Crippen molar-refractivity contribution in [3.05, 3.63) is 24.3 Å². The summed E-state index contributed by atoms with van der Waals surface area (Å²) in [6.45, 7) is 9.57. The lowest BCUT2D eigenvalue weighted by molar-refractivity contribution is -0.161. The Hall–Kier alpha value is -2.46. The smallest absolute Gasteiger partial charge is 0.462 e. The van der Waals surface area contributed by atoms with E-state index in [0.717, 1.165) is 121 Å². The van der Waals surface area contributed by atoms with E-state index in [1.165, 1.54) is 218 Å². The van der Waals surface area contributed by atoms with E-state index in [2.05, 4.69) is 65.8 Å². The van der Waals surface area contributed by atoms with Gasteiger partial charge in [-0.05, 0) is 63.2 Å². The first-order valence-electron chi connectivity index (χ1n) is 42.8. The van der Waals surface area contributed by atoms with Crippen LogP contribution in [0.15, 0.2) is 24.3 Å². The van der Waals surface area contributed by atoms with E-state index in [9.17, 15) is 43.2 Å². The zero-order valence-electron chi connectivity index (χ0n) is 67.1. The zero-order chi connectivity index (χ0) is 75.6. The minimum absolute atomic E-state index is 0.0847. The number of hydrogen-bond acceptors (Lipinski definition) is 15. The van der Waals surface area contributed by atoms with Crippen molar-refractivity contribution in [1.82, 2.24) is 0 Å². The molecule has 3 N–H and O–H groups in total. The molecule has 17 nitrogen and oxygen atoms in total. The average molecular weight is 1500 g/mol. The van der Waals surface area contributed by atoms with Crippen molar-refractivity contribution >= 4 is 39.5 Å². The molecule has 0 spiro atoms. The highest BCUT2D eigenvalue weighted by Crippen LogP contribution is 2.45.